The Morgan fingerprint density at radius 2 is 2.15 bits per heavy atom. The SMILES string of the molecule is Brc1nc2ccc(Cn3cccc4ncnc3-4)cc2s1. The largest absolute Gasteiger partial charge is 0.327 e. The molecule has 1 aromatic heterocycles. The van der Waals surface area contributed by atoms with E-state index in [1.807, 2.05) is 18.3 Å². The highest BCUT2D eigenvalue weighted by Crippen LogP contribution is 2.27. The van der Waals surface area contributed by atoms with Crippen LogP contribution < -0.4 is 0 Å². The summed E-state index contributed by atoms with van der Waals surface area (Å²) in [4.78, 5) is 13.0. The number of aromatic nitrogens is 4. The summed E-state index contributed by atoms with van der Waals surface area (Å²) < 4.78 is 4.22. The van der Waals surface area contributed by atoms with Crippen LogP contribution in [0.5, 0.6) is 0 Å². The number of thiazole rings is 1. The van der Waals surface area contributed by atoms with Gasteiger partial charge in [-0.3, -0.25) is 0 Å². The lowest BCUT2D eigenvalue weighted by Gasteiger charge is -2.10. The molecule has 4 nitrogen and oxygen atoms in total. The summed E-state index contributed by atoms with van der Waals surface area (Å²) in [7, 11) is 0. The van der Waals surface area contributed by atoms with Crippen LogP contribution in [0, 0.1) is 0 Å². The third kappa shape index (κ3) is 2.01. The van der Waals surface area contributed by atoms with Crippen LogP contribution in [0.3, 0.4) is 0 Å². The quantitative estimate of drug-likeness (QED) is 0.555. The zero-order chi connectivity index (χ0) is 13.5. The number of hydrogen-bond acceptors (Lipinski definition) is 4. The maximum atomic E-state index is 4.41. The molecule has 0 unspecified atom stereocenters. The zero-order valence-corrected chi connectivity index (χ0v) is 12.7. The van der Waals surface area contributed by atoms with Crippen molar-refractivity contribution in [3.63, 3.8) is 0 Å². The van der Waals surface area contributed by atoms with Gasteiger partial charge < -0.3 is 4.57 Å². The Hall–Kier alpha value is -1.79. The van der Waals surface area contributed by atoms with Crippen molar-refractivity contribution in [2.75, 3.05) is 0 Å². The second-order valence-corrected chi connectivity index (χ2v) is 6.79. The van der Waals surface area contributed by atoms with Gasteiger partial charge in [0.25, 0.3) is 0 Å². The predicted molar refractivity (Wildman–Crippen MR) is 83.1 cm³/mol. The van der Waals surface area contributed by atoms with E-state index in [9.17, 15) is 0 Å². The van der Waals surface area contributed by atoms with Crippen molar-refractivity contribution >= 4 is 37.5 Å². The summed E-state index contributed by atoms with van der Waals surface area (Å²) in [6, 6.07) is 10.3. The number of nitrogens with zero attached hydrogens (tertiary/aromatic N) is 4. The second kappa shape index (κ2) is 4.64. The van der Waals surface area contributed by atoms with E-state index in [-0.39, 0.29) is 0 Å². The summed E-state index contributed by atoms with van der Waals surface area (Å²) in [5.74, 6) is 0.915. The molecule has 98 valence electrons. The van der Waals surface area contributed by atoms with Crippen LogP contribution in [0.25, 0.3) is 21.7 Å². The van der Waals surface area contributed by atoms with Crippen LogP contribution >= 0.6 is 27.3 Å². The first kappa shape index (κ1) is 12.0. The van der Waals surface area contributed by atoms with Crippen molar-refractivity contribution in [3.8, 4) is 11.5 Å². The predicted octanol–water partition coefficient (Wildman–Crippen LogP) is 3.80. The van der Waals surface area contributed by atoms with E-state index in [2.05, 4.69) is 53.6 Å². The van der Waals surface area contributed by atoms with E-state index < -0.39 is 0 Å². The highest BCUT2D eigenvalue weighted by Gasteiger charge is 2.10. The average Bonchev–Trinajstić information content (AvgIpc) is 3.03. The lowest BCUT2D eigenvalue weighted by molar-refractivity contribution is 0.785. The molecule has 4 rings (SSSR count). The summed E-state index contributed by atoms with van der Waals surface area (Å²) >= 11 is 5.08. The monoisotopic (exact) mass is 344 g/mol. The molecule has 0 saturated heterocycles. The van der Waals surface area contributed by atoms with Crippen LogP contribution in [0.15, 0.2) is 46.8 Å². The van der Waals surface area contributed by atoms with E-state index in [1.165, 1.54) is 10.3 Å². The first-order valence-corrected chi connectivity index (χ1v) is 7.71. The first-order chi connectivity index (χ1) is 9.79. The van der Waals surface area contributed by atoms with Gasteiger partial charge in [-0.15, -0.1) is 11.3 Å². The number of pyridine rings is 1. The highest BCUT2D eigenvalue weighted by molar-refractivity contribution is 9.11. The molecule has 0 aliphatic carbocycles. The van der Waals surface area contributed by atoms with Crippen molar-refractivity contribution in [2.45, 2.75) is 6.54 Å². The molecule has 0 amide bonds. The maximum Gasteiger partial charge on any atom is 0.160 e. The van der Waals surface area contributed by atoms with Gasteiger partial charge in [-0.1, -0.05) is 6.07 Å². The van der Waals surface area contributed by atoms with Crippen LogP contribution in [0.1, 0.15) is 5.56 Å². The molecule has 0 atom stereocenters. The van der Waals surface area contributed by atoms with Crippen molar-refractivity contribution in [3.05, 3.63) is 52.3 Å². The van der Waals surface area contributed by atoms with Crippen molar-refractivity contribution in [1.29, 1.82) is 0 Å². The van der Waals surface area contributed by atoms with Gasteiger partial charge in [-0.05, 0) is 45.8 Å². The Morgan fingerprint density at radius 3 is 3.10 bits per heavy atom. The van der Waals surface area contributed by atoms with Crippen molar-refractivity contribution in [1.82, 2.24) is 19.5 Å². The van der Waals surface area contributed by atoms with E-state index in [0.29, 0.717) is 0 Å². The molecule has 0 saturated carbocycles. The van der Waals surface area contributed by atoms with Crippen LogP contribution in [0.2, 0.25) is 0 Å². The number of benzene rings is 1. The molecule has 0 radical (unpaired) electrons. The Morgan fingerprint density at radius 1 is 1.20 bits per heavy atom. The maximum absolute atomic E-state index is 4.41. The number of rotatable bonds is 2. The molecule has 0 bridgehead atoms. The minimum atomic E-state index is 0.779. The smallest absolute Gasteiger partial charge is 0.160 e. The van der Waals surface area contributed by atoms with Gasteiger partial charge in [-0.25, -0.2) is 15.0 Å². The van der Waals surface area contributed by atoms with E-state index in [4.69, 9.17) is 0 Å². The fraction of sp³-hybridized carbons (Fsp3) is 0.0714. The Labute approximate surface area is 127 Å². The molecule has 0 spiro atoms. The molecule has 2 aliphatic rings. The molecule has 0 fully saturated rings. The minimum absolute atomic E-state index is 0.779. The molecule has 20 heavy (non-hydrogen) atoms. The lowest BCUT2D eigenvalue weighted by atomic mass is 10.2. The average molecular weight is 345 g/mol. The van der Waals surface area contributed by atoms with E-state index >= 15 is 0 Å². The van der Waals surface area contributed by atoms with Gasteiger partial charge in [0.05, 0.1) is 10.2 Å². The molecule has 6 heteroatoms. The summed E-state index contributed by atoms with van der Waals surface area (Å²) in [6.45, 7) is 0.779. The van der Waals surface area contributed by atoms with Gasteiger partial charge >= 0.3 is 0 Å². The molecule has 3 heterocycles. The molecule has 2 aromatic rings. The summed E-state index contributed by atoms with van der Waals surface area (Å²) in [5.41, 5.74) is 3.19. The van der Waals surface area contributed by atoms with Crippen molar-refractivity contribution in [2.24, 2.45) is 0 Å². The van der Waals surface area contributed by atoms with Crippen LogP contribution in [0.4, 0.5) is 0 Å². The third-order valence-electron chi connectivity index (χ3n) is 3.18. The van der Waals surface area contributed by atoms with Gasteiger partial charge in [-0.2, -0.15) is 0 Å². The molecule has 1 aromatic carbocycles. The van der Waals surface area contributed by atoms with Crippen LogP contribution in [-0.4, -0.2) is 19.5 Å². The van der Waals surface area contributed by atoms with Crippen molar-refractivity contribution < 1.29 is 0 Å². The highest BCUT2D eigenvalue weighted by atomic mass is 79.9. The van der Waals surface area contributed by atoms with E-state index in [0.717, 1.165) is 27.5 Å². The van der Waals surface area contributed by atoms with Gasteiger partial charge in [0.1, 0.15) is 12.0 Å². The second-order valence-electron chi connectivity index (χ2n) is 4.49. The fourth-order valence-corrected chi connectivity index (χ4v) is 3.75. The zero-order valence-electron chi connectivity index (χ0n) is 10.3. The third-order valence-corrected chi connectivity index (χ3v) is 4.65. The van der Waals surface area contributed by atoms with Crippen LogP contribution in [-0.2, 0) is 6.54 Å². The topological polar surface area (TPSA) is 43.6 Å². The lowest BCUT2D eigenvalue weighted by Crippen LogP contribution is -2.04. The molecule has 2 aliphatic heterocycles. The minimum Gasteiger partial charge on any atom is -0.327 e. The molecular weight excluding hydrogens is 336 g/mol. The number of fused-ring (bicyclic) bond motifs is 2. The van der Waals surface area contributed by atoms with Gasteiger partial charge in [0.15, 0.2) is 9.74 Å². The molecular formula is C14H9BrN4S. The standard InChI is InChI=1S/C14H9BrN4S/c15-14-18-10-4-3-9(6-12(10)20-14)7-19-5-1-2-11-13(19)17-8-16-11/h1-6,8H,7H2. The summed E-state index contributed by atoms with van der Waals surface area (Å²) in [5, 5.41) is 0. The summed E-state index contributed by atoms with van der Waals surface area (Å²) in [6.07, 6.45) is 3.63. The normalized spacial score (nSPS) is 11.4. The Kier molecular flexibility index (Phi) is 2.78. The van der Waals surface area contributed by atoms with Gasteiger partial charge in [0, 0.05) is 12.7 Å². The number of imidazole rings is 1. The Bertz CT molecular complexity index is 867. The molecule has 0 N–H and O–H groups in total. The number of hydrogen-bond donors (Lipinski definition) is 0. The fourth-order valence-electron chi connectivity index (χ4n) is 2.28. The van der Waals surface area contributed by atoms with Gasteiger partial charge in [0.2, 0.25) is 0 Å². The number of halogens is 1. The Balaban J connectivity index is 1.75. The first-order valence-electron chi connectivity index (χ1n) is 6.10. The van der Waals surface area contributed by atoms with E-state index in [1.54, 1.807) is 17.7 Å².